The van der Waals surface area contributed by atoms with E-state index in [1.165, 1.54) is 0 Å². The number of nitrogens with one attached hydrogen (secondary N) is 2. The minimum Gasteiger partial charge on any atom is -0.329 e. The van der Waals surface area contributed by atoms with Crippen molar-refractivity contribution < 1.29 is 0 Å². The second-order valence-corrected chi connectivity index (χ2v) is 3.32. The first-order valence-corrected chi connectivity index (χ1v) is 5.69. The molecular weight excluding hydrogens is 176 g/mol. The zero-order valence-corrected chi connectivity index (χ0v) is 9.68. The molecule has 4 heteroatoms. The largest absolute Gasteiger partial charge is 0.329 e. The van der Waals surface area contributed by atoms with E-state index in [4.69, 9.17) is 5.73 Å². The van der Waals surface area contributed by atoms with Gasteiger partial charge >= 0.3 is 0 Å². The van der Waals surface area contributed by atoms with Gasteiger partial charge in [-0.25, -0.2) is 0 Å². The zero-order chi connectivity index (χ0) is 10.6. The summed E-state index contributed by atoms with van der Waals surface area (Å²) < 4.78 is 0. The average Bonchev–Trinajstić information content (AvgIpc) is 2.22. The summed E-state index contributed by atoms with van der Waals surface area (Å²) in [4.78, 5) is 2.42. The number of likely N-dealkylation sites (N-methyl/N-ethyl adjacent to an activating group) is 1. The van der Waals surface area contributed by atoms with E-state index in [0.717, 1.165) is 52.4 Å². The van der Waals surface area contributed by atoms with E-state index in [1.54, 1.807) is 0 Å². The summed E-state index contributed by atoms with van der Waals surface area (Å²) in [5, 5.41) is 6.65. The van der Waals surface area contributed by atoms with Crippen LogP contribution in [0.4, 0.5) is 0 Å². The van der Waals surface area contributed by atoms with Crippen LogP contribution in [0.25, 0.3) is 0 Å². The third kappa shape index (κ3) is 8.44. The zero-order valence-electron chi connectivity index (χ0n) is 9.68. The predicted octanol–water partition coefficient (Wildman–Crippen LogP) is -0.534. The van der Waals surface area contributed by atoms with Crippen LogP contribution in [0.3, 0.4) is 0 Å². The fourth-order valence-corrected chi connectivity index (χ4v) is 1.31. The molecule has 0 aliphatic rings. The summed E-state index contributed by atoms with van der Waals surface area (Å²) in [6.45, 7) is 12.6. The predicted molar refractivity (Wildman–Crippen MR) is 62.6 cm³/mol. The monoisotopic (exact) mass is 202 g/mol. The molecule has 0 aromatic heterocycles. The second-order valence-electron chi connectivity index (χ2n) is 3.32. The third-order valence-electron chi connectivity index (χ3n) is 2.30. The first-order valence-electron chi connectivity index (χ1n) is 5.69. The first kappa shape index (κ1) is 13.8. The lowest BCUT2D eigenvalue weighted by Crippen LogP contribution is -2.35. The number of nitrogens with two attached hydrogens (primary N) is 1. The molecule has 0 unspecified atom stereocenters. The Kier molecular flexibility index (Phi) is 10.8. The Morgan fingerprint density at radius 1 is 0.929 bits per heavy atom. The third-order valence-corrected chi connectivity index (χ3v) is 2.30. The molecule has 4 N–H and O–H groups in total. The smallest absolute Gasteiger partial charge is 0.0107 e. The van der Waals surface area contributed by atoms with Crippen LogP contribution in [0.15, 0.2) is 0 Å². The van der Waals surface area contributed by atoms with Gasteiger partial charge in [0.2, 0.25) is 0 Å². The molecule has 0 saturated heterocycles. The molecule has 0 saturated carbocycles. The van der Waals surface area contributed by atoms with Crippen LogP contribution in [0.2, 0.25) is 0 Å². The molecular formula is C10H26N4. The number of hydrogen-bond acceptors (Lipinski definition) is 4. The van der Waals surface area contributed by atoms with Gasteiger partial charge in [0.05, 0.1) is 0 Å². The van der Waals surface area contributed by atoms with Gasteiger partial charge in [-0.15, -0.1) is 0 Å². The molecule has 0 heterocycles. The molecule has 0 bridgehead atoms. The minimum atomic E-state index is 0.722. The van der Waals surface area contributed by atoms with Gasteiger partial charge in [0.25, 0.3) is 0 Å². The van der Waals surface area contributed by atoms with E-state index in [2.05, 4.69) is 29.4 Å². The standard InChI is InChI=1S/C10H26N4/c1-3-14(4-2)10-9-13-8-7-12-6-5-11/h12-13H,3-11H2,1-2H3. The van der Waals surface area contributed by atoms with Gasteiger partial charge in [-0.1, -0.05) is 13.8 Å². The molecule has 4 nitrogen and oxygen atoms in total. The van der Waals surface area contributed by atoms with Crippen LogP contribution in [0, 0.1) is 0 Å². The molecule has 0 spiro atoms. The molecule has 0 radical (unpaired) electrons. The van der Waals surface area contributed by atoms with Crippen LogP contribution in [0.1, 0.15) is 13.8 Å². The Labute approximate surface area is 88.2 Å². The molecule has 86 valence electrons. The van der Waals surface area contributed by atoms with Crippen molar-refractivity contribution in [3.8, 4) is 0 Å². The quantitative estimate of drug-likeness (QED) is 0.417. The van der Waals surface area contributed by atoms with Crippen molar-refractivity contribution in [2.75, 3.05) is 52.4 Å². The van der Waals surface area contributed by atoms with Crippen LogP contribution in [-0.2, 0) is 0 Å². The highest BCUT2D eigenvalue weighted by atomic mass is 15.1. The molecule has 0 aliphatic carbocycles. The van der Waals surface area contributed by atoms with Gasteiger partial charge in [-0.3, -0.25) is 0 Å². The number of nitrogens with zero attached hydrogens (tertiary/aromatic N) is 1. The molecule has 14 heavy (non-hydrogen) atoms. The van der Waals surface area contributed by atoms with Crippen LogP contribution in [-0.4, -0.2) is 57.3 Å². The molecule has 0 aliphatic heterocycles. The Bertz CT molecular complexity index is 104. The Morgan fingerprint density at radius 3 is 2.00 bits per heavy atom. The lowest BCUT2D eigenvalue weighted by atomic mass is 10.4. The summed E-state index contributed by atoms with van der Waals surface area (Å²) in [7, 11) is 0. The minimum absolute atomic E-state index is 0.722. The summed E-state index contributed by atoms with van der Waals surface area (Å²) >= 11 is 0. The van der Waals surface area contributed by atoms with Crippen LogP contribution >= 0.6 is 0 Å². The summed E-state index contributed by atoms with van der Waals surface area (Å²) in [5.41, 5.74) is 5.36. The van der Waals surface area contributed by atoms with Crippen molar-refractivity contribution in [2.45, 2.75) is 13.8 Å². The maximum absolute atomic E-state index is 5.36. The molecule has 0 amide bonds. The average molecular weight is 202 g/mol. The lowest BCUT2D eigenvalue weighted by molar-refractivity contribution is 0.302. The molecule has 0 rings (SSSR count). The molecule has 0 atom stereocenters. The van der Waals surface area contributed by atoms with Crippen LogP contribution in [0.5, 0.6) is 0 Å². The van der Waals surface area contributed by atoms with Gasteiger partial charge in [0, 0.05) is 39.3 Å². The molecule has 0 aromatic rings. The van der Waals surface area contributed by atoms with Crippen molar-refractivity contribution in [1.82, 2.24) is 15.5 Å². The van der Waals surface area contributed by atoms with Crippen molar-refractivity contribution in [1.29, 1.82) is 0 Å². The Balaban J connectivity index is 3.04. The molecule has 0 fully saturated rings. The topological polar surface area (TPSA) is 53.3 Å². The highest BCUT2D eigenvalue weighted by Crippen LogP contribution is 1.83. The van der Waals surface area contributed by atoms with Crippen LogP contribution < -0.4 is 16.4 Å². The van der Waals surface area contributed by atoms with Crippen molar-refractivity contribution in [3.63, 3.8) is 0 Å². The fraction of sp³-hybridized carbons (Fsp3) is 1.00. The van der Waals surface area contributed by atoms with E-state index >= 15 is 0 Å². The lowest BCUT2D eigenvalue weighted by Gasteiger charge is -2.17. The van der Waals surface area contributed by atoms with E-state index in [1.807, 2.05) is 0 Å². The van der Waals surface area contributed by atoms with Gasteiger partial charge < -0.3 is 21.3 Å². The van der Waals surface area contributed by atoms with Gasteiger partial charge in [-0.2, -0.15) is 0 Å². The van der Waals surface area contributed by atoms with E-state index in [9.17, 15) is 0 Å². The van der Waals surface area contributed by atoms with Crippen molar-refractivity contribution in [2.24, 2.45) is 5.73 Å². The first-order chi connectivity index (χ1) is 6.85. The van der Waals surface area contributed by atoms with Crippen molar-refractivity contribution in [3.05, 3.63) is 0 Å². The normalized spacial score (nSPS) is 11.1. The number of hydrogen-bond donors (Lipinski definition) is 3. The maximum Gasteiger partial charge on any atom is 0.0107 e. The Morgan fingerprint density at radius 2 is 1.50 bits per heavy atom. The van der Waals surface area contributed by atoms with Gasteiger partial charge in [0.15, 0.2) is 0 Å². The number of rotatable bonds is 10. The van der Waals surface area contributed by atoms with E-state index < -0.39 is 0 Å². The highest BCUT2D eigenvalue weighted by Gasteiger charge is 1.96. The van der Waals surface area contributed by atoms with E-state index in [0.29, 0.717) is 0 Å². The maximum atomic E-state index is 5.36. The SMILES string of the molecule is CCN(CC)CCNCCNCCN. The summed E-state index contributed by atoms with van der Waals surface area (Å²) in [6, 6.07) is 0. The fourth-order valence-electron chi connectivity index (χ4n) is 1.31. The Hall–Kier alpha value is -0.160. The summed E-state index contributed by atoms with van der Waals surface area (Å²) in [5.74, 6) is 0. The second kappa shape index (κ2) is 10.9. The van der Waals surface area contributed by atoms with Gasteiger partial charge in [0.1, 0.15) is 0 Å². The highest BCUT2D eigenvalue weighted by molar-refractivity contribution is 4.57. The van der Waals surface area contributed by atoms with E-state index in [-0.39, 0.29) is 0 Å². The van der Waals surface area contributed by atoms with Crippen molar-refractivity contribution >= 4 is 0 Å². The summed E-state index contributed by atoms with van der Waals surface area (Å²) in [6.07, 6.45) is 0. The van der Waals surface area contributed by atoms with Gasteiger partial charge in [-0.05, 0) is 13.1 Å². The molecule has 0 aromatic carbocycles.